The normalized spacial score (nSPS) is 10.2. The summed E-state index contributed by atoms with van der Waals surface area (Å²) in [5.74, 6) is -1.17. The van der Waals surface area contributed by atoms with Gasteiger partial charge >= 0.3 is 0 Å². The van der Waals surface area contributed by atoms with Crippen LogP contribution in [0.15, 0.2) is 48.5 Å². The molecule has 120 valence electrons. The maximum atomic E-state index is 12.8. The van der Waals surface area contributed by atoms with Crippen LogP contribution in [0.4, 0.5) is 14.5 Å². The molecule has 0 unspecified atom stereocenters. The highest BCUT2D eigenvalue weighted by atomic mass is 19.1. The molecular formula is C17H16F2N2O2. The van der Waals surface area contributed by atoms with Gasteiger partial charge in [0.25, 0.3) is 0 Å². The van der Waals surface area contributed by atoms with Gasteiger partial charge in [0.2, 0.25) is 5.91 Å². The third-order valence-corrected chi connectivity index (χ3v) is 3.16. The predicted molar refractivity (Wildman–Crippen MR) is 82.7 cm³/mol. The van der Waals surface area contributed by atoms with Crippen molar-refractivity contribution in [1.82, 2.24) is 5.43 Å². The lowest BCUT2D eigenvalue weighted by Crippen LogP contribution is -2.29. The van der Waals surface area contributed by atoms with Crippen molar-refractivity contribution in [3.8, 4) is 0 Å². The number of amides is 1. The van der Waals surface area contributed by atoms with Gasteiger partial charge in [-0.15, -0.1) is 0 Å². The fourth-order valence-electron chi connectivity index (χ4n) is 1.93. The predicted octanol–water partition coefficient (Wildman–Crippen LogP) is 3.46. The molecule has 0 fully saturated rings. The first kappa shape index (κ1) is 16.6. The van der Waals surface area contributed by atoms with Crippen LogP contribution < -0.4 is 10.9 Å². The van der Waals surface area contributed by atoms with Gasteiger partial charge < -0.3 is 0 Å². The van der Waals surface area contributed by atoms with E-state index in [1.165, 1.54) is 48.5 Å². The fourth-order valence-corrected chi connectivity index (χ4v) is 1.93. The Bertz CT molecular complexity index is 670. The molecule has 23 heavy (non-hydrogen) atoms. The van der Waals surface area contributed by atoms with Gasteiger partial charge in [0, 0.05) is 18.4 Å². The number of hydrazine groups is 1. The second kappa shape index (κ2) is 8.03. The minimum atomic E-state index is -0.396. The number of rotatable bonds is 7. The molecule has 0 spiro atoms. The number of anilines is 1. The number of carbonyl (C=O) groups is 2. The van der Waals surface area contributed by atoms with Crippen LogP contribution in [-0.4, -0.2) is 11.7 Å². The van der Waals surface area contributed by atoms with Crippen molar-refractivity contribution in [2.24, 2.45) is 0 Å². The molecule has 4 nitrogen and oxygen atoms in total. The van der Waals surface area contributed by atoms with Gasteiger partial charge in [-0.3, -0.25) is 20.4 Å². The molecule has 0 bridgehead atoms. The molecule has 0 saturated heterocycles. The Hall–Kier alpha value is -2.76. The molecule has 6 heteroatoms. The molecule has 0 aromatic heterocycles. The summed E-state index contributed by atoms with van der Waals surface area (Å²) < 4.78 is 25.5. The zero-order valence-corrected chi connectivity index (χ0v) is 12.3. The van der Waals surface area contributed by atoms with Crippen molar-refractivity contribution in [3.63, 3.8) is 0 Å². The molecule has 0 saturated carbocycles. The molecule has 2 N–H and O–H groups in total. The highest BCUT2D eigenvalue weighted by molar-refractivity contribution is 5.96. The van der Waals surface area contributed by atoms with Gasteiger partial charge in [-0.1, -0.05) is 0 Å². The van der Waals surface area contributed by atoms with E-state index >= 15 is 0 Å². The maximum absolute atomic E-state index is 12.8. The van der Waals surface area contributed by atoms with Gasteiger partial charge in [-0.05, 0) is 55.0 Å². The molecule has 0 aliphatic heterocycles. The van der Waals surface area contributed by atoms with Crippen LogP contribution in [-0.2, 0) is 4.79 Å². The quantitative estimate of drug-likeness (QED) is 0.607. The van der Waals surface area contributed by atoms with Crippen LogP contribution in [0.2, 0.25) is 0 Å². The molecule has 2 aromatic carbocycles. The van der Waals surface area contributed by atoms with Crippen LogP contribution in [0, 0.1) is 11.6 Å². The number of carbonyl (C=O) groups excluding carboxylic acids is 2. The van der Waals surface area contributed by atoms with Crippen LogP contribution in [0.25, 0.3) is 0 Å². The van der Waals surface area contributed by atoms with Crippen molar-refractivity contribution < 1.29 is 18.4 Å². The van der Waals surface area contributed by atoms with Crippen molar-refractivity contribution >= 4 is 17.4 Å². The average Bonchev–Trinajstić information content (AvgIpc) is 2.55. The summed E-state index contributed by atoms with van der Waals surface area (Å²) in [4.78, 5) is 23.5. The van der Waals surface area contributed by atoms with E-state index in [2.05, 4.69) is 10.9 Å². The van der Waals surface area contributed by atoms with E-state index in [1.54, 1.807) is 0 Å². The Morgan fingerprint density at radius 3 is 2.00 bits per heavy atom. The summed E-state index contributed by atoms with van der Waals surface area (Å²) in [5.41, 5.74) is 6.11. The summed E-state index contributed by atoms with van der Waals surface area (Å²) in [6.45, 7) is 0. The molecule has 0 aliphatic carbocycles. The number of Topliss-reactive ketones (excluding diaryl/α,β-unsaturated/α-hetero) is 1. The first-order valence-corrected chi connectivity index (χ1v) is 7.14. The molecule has 0 radical (unpaired) electrons. The highest BCUT2D eigenvalue weighted by Crippen LogP contribution is 2.09. The SMILES string of the molecule is O=C(CCCC(=O)c1ccc(F)cc1)NNc1ccc(F)cc1. The molecule has 2 aromatic rings. The lowest BCUT2D eigenvalue weighted by atomic mass is 10.1. The van der Waals surface area contributed by atoms with Gasteiger partial charge in [0.05, 0.1) is 5.69 Å². The summed E-state index contributed by atoms with van der Waals surface area (Å²) in [6, 6.07) is 10.8. The van der Waals surface area contributed by atoms with Crippen molar-refractivity contribution in [2.75, 3.05) is 5.43 Å². The Morgan fingerprint density at radius 2 is 1.39 bits per heavy atom. The van der Waals surface area contributed by atoms with Gasteiger partial charge in [-0.25, -0.2) is 8.78 Å². The lowest BCUT2D eigenvalue weighted by molar-refractivity contribution is -0.120. The number of hydrogen-bond donors (Lipinski definition) is 2. The minimum absolute atomic E-state index is 0.135. The minimum Gasteiger partial charge on any atom is -0.299 e. The number of nitrogens with one attached hydrogen (secondary N) is 2. The standard InChI is InChI=1S/C17H16F2N2O2/c18-13-6-4-12(5-7-13)16(22)2-1-3-17(23)21-20-15-10-8-14(19)9-11-15/h4-11,20H,1-3H2,(H,21,23). The number of ketones is 1. The van der Waals surface area contributed by atoms with E-state index in [0.29, 0.717) is 17.7 Å². The van der Waals surface area contributed by atoms with Crippen molar-refractivity contribution in [1.29, 1.82) is 0 Å². The largest absolute Gasteiger partial charge is 0.299 e. The Kier molecular flexibility index (Phi) is 5.80. The fraction of sp³-hybridized carbons (Fsp3) is 0.176. The Balaban J connectivity index is 1.69. The van der Waals surface area contributed by atoms with E-state index in [0.717, 1.165) is 0 Å². The maximum Gasteiger partial charge on any atom is 0.238 e. The van der Waals surface area contributed by atoms with Crippen LogP contribution in [0.1, 0.15) is 29.6 Å². The van der Waals surface area contributed by atoms with Crippen molar-refractivity contribution in [3.05, 3.63) is 65.7 Å². The van der Waals surface area contributed by atoms with E-state index in [9.17, 15) is 18.4 Å². The zero-order chi connectivity index (χ0) is 16.7. The Labute approximate surface area is 132 Å². The average molecular weight is 318 g/mol. The van der Waals surface area contributed by atoms with Crippen LogP contribution in [0.5, 0.6) is 0 Å². The first-order valence-electron chi connectivity index (χ1n) is 7.14. The molecule has 0 atom stereocenters. The molecule has 2 rings (SSSR count). The number of hydrogen-bond acceptors (Lipinski definition) is 3. The van der Waals surface area contributed by atoms with Gasteiger partial charge in [-0.2, -0.15) is 0 Å². The van der Waals surface area contributed by atoms with Crippen LogP contribution >= 0.6 is 0 Å². The third-order valence-electron chi connectivity index (χ3n) is 3.16. The molecule has 1 amide bonds. The van der Waals surface area contributed by atoms with E-state index in [-0.39, 0.29) is 30.3 Å². The Morgan fingerprint density at radius 1 is 0.826 bits per heavy atom. The number of benzene rings is 2. The lowest BCUT2D eigenvalue weighted by Gasteiger charge is -2.08. The smallest absolute Gasteiger partial charge is 0.238 e. The number of halogens is 2. The summed E-state index contributed by atoms with van der Waals surface area (Å²) >= 11 is 0. The van der Waals surface area contributed by atoms with Gasteiger partial charge in [0.1, 0.15) is 11.6 Å². The van der Waals surface area contributed by atoms with E-state index in [4.69, 9.17) is 0 Å². The summed E-state index contributed by atoms with van der Waals surface area (Å²) in [5, 5.41) is 0. The summed E-state index contributed by atoms with van der Waals surface area (Å²) in [7, 11) is 0. The van der Waals surface area contributed by atoms with Crippen molar-refractivity contribution in [2.45, 2.75) is 19.3 Å². The zero-order valence-electron chi connectivity index (χ0n) is 12.3. The molecule has 0 heterocycles. The van der Waals surface area contributed by atoms with Gasteiger partial charge in [0.15, 0.2) is 5.78 Å². The van der Waals surface area contributed by atoms with E-state index in [1.807, 2.05) is 0 Å². The first-order chi connectivity index (χ1) is 11.0. The second-order valence-electron chi connectivity index (χ2n) is 4.96. The molecular weight excluding hydrogens is 302 g/mol. The third kappa shape index (κ3) is 5.50. The highest BCUT2D eigenvalue weighted by Gasteiger charge is 2.08. The van der Waals surface area contributed by atoms with Crippen LogP contribution in [0.3, 0.4) is 0 Å². The molecule has 0 aliphatic rings. The summed E-state index contributed by atoms with van der Waals surface area (Å²) in [6.07, 6.45) is 0.754. The monoisotopic (exact) mass is 318 g/mol. The second-order valence-corrected chi connectivity index (χ2v) is 4.96. The topological polar surface area (TPSA) is 58.2 Å². The van der Waals surface area contributed by atoms with E-state index < -0.39 is 5.82 Å².